The van der Waals surface area contributed by atoms with E-state index in [1.807, 2.05) is 0 Å². The van der Waals surface area contributed by atoms with Crippen LogP contribution in [0.3, 0.4) is 0 Å². The Kier molecular flexibility index (Phi) is 4.04. The smallest absolute Gasteiger partial charge is 0.227 e. The van der Waals surface area contributed by atoms with Gasteiger partial charge in [0.15, 0.2) is 0 Å². The number of anilines is 1. The minimum absolute atomic E-state index is 0.0993. The van der Waals surface area contributed by atoms with Crippen molar-refractivity contribution in [2.75, 3.05) is 25.7 Å². The minimum Gasteiger partial charge on any atom is -0.495 e. The van der Waals surface area contributed by atoms with Gasteiger partial charge in [-0.05, 0) is 6.07 Å². The first-order valence-electron chi connectivity index (χ1n) is 5.99. The van der Waals surface area contributed by atoms with Gasteiger partial charge in [-0.2, -0.15) is 0 Å². The number of benzene rings is 1. The Balaban J connectivity index is 2.40. The summed E-state index contributed by atoms with van der Waals surface area (Å²) in [5, 5.41) is 0.360. The van der Waals surface area contributed by atoms with Crippen LogP contribution in [0.2, 0.25) is 5.02 Å². The number of rotatable bonds is 4. The molecule has 108 valence electrons. The second-order valence-corrected chi connectivity index (χ2v) is 4.87. The van der Waals surface area contributed by atoms with Gasteiger partial charge in [0.2, 0.25) is 11.8 Å². The van der Waals surface area contributed by atoms with E-state index in [4.69, 9.17) is 26.8 Å². The molecule has 1 fully saturated rings. The van der Waals surface area contributed by atoms with Crippen molar-refractivity contribution in [3.05, 3.63) is 17.2 Å². The Morgan fingerprint density at radius 1 is 1.35 bits per heavy atom. The van der Waals surface area contributed by atoms with Crippen LogP contribution in [0.4, 0.5) is 5.69 Å². The fourth-order valence-corrected chi connectivity index (χ4v) is 2.42. The number of halogens is 1. The first kappa shape index (κ1) is 14.5. The molecule has 6 nitrogen and oxygen atoms in total. The molecule has 1 aliphatic heterocycles. The monoisotopic (exact) mass is 298 g/mol. The van der Waals surface area contributed by atoms with Gasteiger partial charge in [0.05, 0.1) is 30.8 Å². The van der Waals surface area contributed by atoms with E-state index in [0.717, 1.165) is 0 Å². The maximum absolute atomic E-state index is 12.0. The zero-order valence-corrected chi connectivity index (χ0v) is 11.9. The summed E-state index contributed by atoms with van der Waals surface area (Å²) in [5.41, 5.74) is 5.76. The van der Waals surface area contributed by atoms with Crippen LogP contribution in [0.15, 0.2) is 12.1 Å². The molecule has 2 N–H and O–H groups in total. The number of nitrogens with two attached hydrogens (primary N) is 1. The molecule has 7 heteroatoms. The second kappa shape index (κ2) is 5.58. The molecule has 1 aromatic rings. The van der Waals surface area contributed by atoms with Crippen molar-refractivity contribution in [3.63, 3.8) is 0 Å². The highest BCUT2D eigenvalue weighted by Crippen LogP contribution is 2.40. The van der Waals surface area contributed by atoms with Crippen LogP contribution in [0.25, 0.3) is 0 Å². The number of carbonyl (C=O) groups is 2. The van der Waals surface area contributed by atoms with E-state index in [2.05, 4.69) is 0 Å². The van der Waals surface area contributed by atoms with Crippen LogP contribution in [0.5, 0.6) is 11.5 Å². The SMILES string of the molecule is COc1cc(OC)c(N2CC(C(N)=O)CC2=O)cc1Cl. The molecule has 1 saturated heterocycles. The molecule has 1 aromatic carbocycles. The number of methoxy groups -OCH3 is 2. The molecule has 1 unspecified atom stereocenters. The van der Waals surface area contributed by atoms with E-state index in [1.54, 1.807) is 12.1 Å². The number of hydrogen-bond acceptors (Lipinski definition) is 4. The van der Waals surface area contributed by atoms with Crippen molar-refractivity contribution >= 4 is 29.1 Å². The molecular weight excluding hydrogens is 284 g/mol. The summed E-state index contributed by atoms with van der Waals surface area (Å²) < 4.78 is 10.4. The molecule has 1 atom stereocenters. The van der Waals surface area contributed by atoms with Crippen LogP contribution in [0.1, 0.15) is 6.42 Å². The zero-order valence-electron chi connectivity index (χ0n) is 11.2. The van der Waals surface area contributed by atoms with Gasteiger partial charge in [-0.25, -0.2) is 0 Å². The Hall–Kier alpha value is -1.95. The van der Waals surface area contributed by atoms with E-state index < -0.39 is 11.8 Å². The number of ether oxygens (including phenoxy) is 2. The van der Waals surface area contributed by atoms with Crippen LogP contribution >= 0.6 is 11.6 Å². The molecule has 20 heavy (non-hydrogen) atoms. The Morgan fingerprint density at radius 2 is 2.00 bits per heavy atom. The summed E-state index contributed by atoms with van der Waals surface area (Å²) in [6.45, 7) is 0.229. The van der Waals surface area contributed by atoms with Gasteiger partial charge < -0.3 is 20.1 Å². The number of amides is 2. The molecule has 0 spiro atoms. The normalized spacial score (nSPS) is 18.2. The summed E-state index contributed by atoms with van der Waals surface area (Å²) in [7, 11) is 2.97. The van der Waals surface area contributed by atoms with E-state index in [-0.39, 0.29) is 18.9 Å². The van der Waals surface area contributed by atoms with Crippen molar-refractivity contribution in [1.82, 2.24) is 0 Å². The summed E-state index contributed by atoms with van der Waals surface area (Å²) in [6.07, 6.45) is 0.0993. The van der Waals surface area contributed by atoms with E-state index in [0.29, 0.717) is 22.2 Å². The van der Waals surface area contributed by atoms with Crippen molar-refractivity contribution in [1.29, 1.82) is 0 Å². The molecule has 0 saturated carbocycles. The maximum Gasteiger partial charge on any atom is 0.227 e. The van der Waals surface area contributed by atoms with Gasteiger partial charge in [0.25, 0.3) is 0 Å². The summed E-state index contributed by atoms with van der Waals surface area (Å²) in [4.78, 5) is 24.7. The fraction of sp³-hybridized carbons (Fsp3) is 0.385. The zero-order chi connectivity index (χ0) is 14.9. The van der Waals surface area contributed by atoms with E-state index in [9.17, 15) is 9.59 Å². The topological polar surface area (TPSA) is 81.9 Å². The molecule has 0 radical (unpaired) electrons. The number of hydrogen-bond donors (Lipinski definition) is 1. The van der Waals surface area contributed by atoms with Crippen LogP contribution < -0.4 is 20.1 Å². The van der Waals surface area contributed by atoms with Gasteiger partial charge >= 0.3 is 0 Å². The second-order valence-electron chi connectivity index (χ2n) is 4.47. The van der Waals surface area contributed by atoms with E-state index in [1.165, 1.54) is 19.1 Å². The van der Waals surface area contributed by atoms with Crippen molar-refractivity contribution in [3.8, 4) is 11.5 Å². The summed E-state index contributed by atoms with van der Waals surface area (Å²) in [5.74, 6) is -0.268. The molecule has 0 aliphatic carbocycles. The summed E-state index contributed by atoms with van der Waals surface area (Å²) in [6, 6.07) is 3.18. The first-order valence-corrected chi connectivity index (χ1v) is 6.37. The van der Waals surface area contributed by atoms with Gasteiger partial charge in [0, 0.05) is 19.0 Å². The summed E-state index contributed by atoms with van der Waals surface area (Å²) >= 11 is 6.07. The third kappa shape index (κ3) is 2.51. The van der Waals surface area contributed by atoms with Crippen molar-refractivity contribution in [2.45, 2.75) is 6.42 Å². The molecular formula is C13H15ClN2O4. The van der Waals surface area contributed by atoms with Gasteiger partial charge in [-0.3, -0.25) is 9.59 Å². The lowest BCUT2D eigenvalue weighted by Gasteiger charge is -2.20. The molecule has 1 aliphatic rings. The Bertz CT molecular complexity index is 562. The average Bonchev–Trinajstić information content (AvgIpc) is 2.80. The third-order valence-corrected chi connectivity index (χ3v) is 3.57. The fourth-order valence-electron chi connectivity index (χ4n) is 2.19. The Labute approximate surface area is 121 Å². The van der Waals surface area contributed by atoms with Gasteiger partial charge in [0.1, 0.15) is 11.5 Å². The number of carbonyl (C=O) groups excluding carboxylic acids is 2. The lowest BCUT2D eigenvalue weighted by molar-refractivity contribution is -0.123. The molecule has 0 bridgehead atoms. The van der Waals surface area contributed by atoms with Gasteiger partial charge in [-0.15, -0.1) is 0 Å². The lowest BCUT2D eigenvalue weighted by atomic mass is 10.1. The van der Waals surface area contributed by atoms with E-state index >= 15 is 0 Å². The number of primary amides is 1. The molecule has 2 rings (SSSR count). The third-order valence-electron chi connectivity index (χ3n) is 3.27. The van der Waals surface area contributed by atoms with Gasteiger partial charge in [-0.1, -0.05) is 11.6 Å². The Morgan fingerprint density at radius 3 is 2.50 bits per heavy atom. The predicted octanol–water partition coefficient (Wildman–Crippen LogP) is 1.20. The number of nitrogens with zero attached hydrogens (tertiary/aromatic N) is 1. The largest absolute Gasteiger partial charge is 0.495 e. The molecule has 2 amide bonds. The highest BCUT2D eigenvalue weighted by atomic mass is 35.5. The van der Waals surface area contributed by atoms with Crippen LogP contribution in [-0.2, 0) is 9.59 Å². The van der Waals surface area contributed by atoms with Crippen LogP contribution in [0, 0.1) is 5.92 Å². The quantitative estimate of drug-likeness (QED) is 0.905. The molecule has 1 heterocycles. The lowest BCUT2D eigenvalue weighted by Crippen LogP contribution is -2.28. The average molecular weight is 299 g/mol. The first-order chi connectivity index (χ1) is 9.47. The molecule has 0 aromatic heterocycles. The highest BCUT2D eigenvalue weighted by Gasteiger charge is 2.35. The maximum atomic E-state index is 12.0. The van der Waals surface area contributed by atoms with Crippen LogP contribution in [-0.4, -0.2) is 32.6 Å². The van der Waals surface area contributed by atoms with Crippen molar-refractivity contribution < 1.29 is 19.1 Å². The van der Waals surface area contributed by atoms with Crippen molar-refractivity contribution in [2.24, 2.45) is 11.7 Å². The standard InChI is InChI=1S/C13H15ClN2O4/c1-19-10-5-11(20-2)9(4-8(10)14)16-6-7(13(15)18)3-12(16)17/h4-5,7H,3,6H2,1-2H3,(H2,15,18). The predicted molar refractivity (Wildman–Crippen MR) is 74.2 cm³/mol. The highest BCUT2D eigenvalue weighted by molar-refractivity contribution is 6.32. The minimum atomic E-state index is -0.493.